The summed E-state index contributed by atoms with van der Waals surface area (Å²) in [6, 6.07) is 2.13. The molecule has 3 rings (SSSR count). The van der Waals surface area contributed by atoms with Crippen molar-refractivity contribution in [3.05, 3.63) is 18.0 Å². The predicted molar refractivity (Wildman–Crippen MR) is 60.6 cm³/mol. The number of nitrogens with zero attached hydrogens (tertiary/aromatic N) is 3. The third-order valence-electron chi connectivity index (χ3n) is 3.47. The van der Waals surface area contributed by atoms with Crippen LogP contribution in [0.4, 0.5) is 0 Å². The summed E-state index contributed by atoms with van der Waals surface area (Å²) < 4.78 is 4.68. The second-order valence-corrected chi connectivity index (χ2v) is 4.53. The lowest BCUT2D eigenvalue weighted by Crippen LogP contribution is -2.63. The fourth-order valence-electron chi connectivity index (χ4n) is 2.38. The quantitative estimate of drug-likeness (QED) is 0.743. The molecule has 92 valence electrons. The predicted octanol–water partition coefficient (Wildman–Crippen LogP) is -0.596. The topological polar surface area (TPSA) is 61.6 Å². The summed E-state index contributed by atoms with van der Waals surface area (Å²) in [6.07, 6.45) is 1.43. The molecule has 0 saturated carbocycles. The molecule has 2 aliphatic heterocycles. The Kier molecular flexibility index (Phi) is 2.82. The van der Waals surface area contributed by atoms with Crippen LogP contribution in [-0.4, -0.2) is 66.2 Å². The van der Waals surface area contributed by atoms with Gasteiger partial charge in [0.2, 0.25) is 0 Å². The van der Waals surface area contributed by atoms with E-state index >= 15 is 0 Å². The van der Waals surface area contributed by atoms with Crippen molar-refractivity contribution < 1.29 is 9.32 Å². The van der Waals surface area contributed by atoms with Crippen LogP contribution < -0.4 is 5.32 Å². The number of hydrogen-bond donors (Lipinski definition) is 1. The molecule has 0 radical (unpaired) electrons. The summed E-state index contributed by atoms with van der Waals surface area (Å²) in [5.74, 6) is -0.0230. The molecule has 17 heavy (non-hydrogen) atoms. The lowest BCUT2D eigenvalue weighted by molar-refractivity contribution is 0.0220. The number of nitrogens with one attached hydrogen (secondary N) is 1. The van der Waals surface area contributed by atoms with Crippen LogP contribution in [0.3, 0.4) is 0 Å². The number of likely N-dealkylation sites (tertiary alicyclic amines) is 1. The molecule has 6 heteroatoms. The third kappa shape index (κ3) is 2.05. The minimum Gasteiger partial charge on any atom is -0.364 e. The Morgan fingerprint density at radius 3 is 2.82 bits per heavy atom. The molecule has 0 unspecified atom stereocenters. The molecule has 1 amide bonds. The first-order chi connectivity index (χ1) is 8.34. The number of carbonyl (C=O) groups excluding carboxylic acids is 1. The van der Waals surface area contributed by atoms with E-state index in [0.29, 0.717) is 11.7 Å². The monoisotopic (exact) mass is 236 g/mol. The van der Waals surface area contributed by atoms with Gasteiger partial charge in [-0.05, 0) is 0 Å². The van der Waals surface area contributed by atoms with Crippen molar-refractivity contribution in [1.29, 1.82) is 0 Å². The number of hydrogen-bond acceptors (Lipinski definition) is 5. The molecule has 2 fully saturated rings. The summed E-state index contributed by atoms with van der Waals surface area (Å²) in [6.45, 7) is 5.88. The highest BCUT2D eigenvalue weighted by atomic mass is 16.5. The number of carbonyl (C=O) groups is 1. The van der Waals surface area contributed by atoms with E-state index in [1.54, 1.807) is 6.07 Å². The highest BCUT2D eigenvalue weighted by molar-refractivity contribution is 5.92. The first kappa shape index (κ1) is 10.7. The van der Waals surface area contributed by atoms with Gasteiger partial charge in [-0.25, -0.2) is 0 Å². The maximum Gasteiger partial charge on any atom is 0.276 e. The molecule has 1 N–H and O–H groups in total. The molecule has 6 nitrogen and oxygen atoms in total. The molecule has 2 saturated heterocycles. The van der Waals surface area contributed by atoms with Crippen LogP contribution in [-0.2, 0) is 0 Å². The lowest BCUT2D eigenvalue weighted by Gasteiger charge is -2.46. The number of aromatic nitrogens is 1. The molecule has 1 aromatic heterocycles. The molecule has 0 aromatic carbocycles. The summed E-state index contributed by atoms with van der Waals surface area (Å²) in [5, 5.41) is 7.00. The molecule has 0 bridgehead atoms. The van der Waals surface area contributed by atoms with E-state index in [9.17, 15) is 4.79 Å². The highest BCUT2D eigenvalue weighted by Gasteiger charge is 2.36. The van der Waals surface area contributed by atoms with Gasteiger partial charge in [0.15, 0.2) is 5.69 Å². The molecule has 3 heterocycles. The van der Waals surface area contributed by atoms with Gasteiger partial charge in [0, 0.05) is 51.4 Å². The zero-order chi connectivity index (χ0) is 11.7. The molecule has 1 aromatic rings. The Morgan fingerprint density at radius 1 is 1.41 bits per heavy atom. The Labute approximate surface area is 99.5 Å². The van der Waals surface area contributed by atoms with Gasteiger partial charge in [0.25, 0.3) is 5.91 Å². The van der Waals surface area contributed by atoms with Crippen LogP contribution in [0.2, 0.25) is 0 Å². The van der Waals surface area contributed by atoms with Crippen LogP contribution in [0.25, 0.3) is 0 Å². The molecular weight excluding hydrogens is 220 g/mol. The van der Waals surface area contributed by atoms with Gasteiger partial charge in [-0.1, -0.05) is 5.16 Å². The summed E-state index contributed by atoms with van der Waals surface area (Å²) in [5.41, 5.74) is 0.406. The Hall–Kier alpha value is -1.40. The maximum atomic E-state index is 11.9. The van der Waals surface area contributed by atoms with Crippen LogP contribution in [0.1, 0.15) is 10.5 Å². The molecule has 0 atom stereocenters. The molecular formula is C11H16N4O2. The van der Waals surface area contributed by atoms with E-state index < -0.39 is 0 Å². The minimum absolute atomic E-state index is 0.0230. The van der Waals surface area contributed by atoms with E-state index in [1.165, 1.54) is 6.26 Å². The van der Waals surface area contributed by atoms with E-state index in [-0.39, 0.29) is 5.91 Å². The van der Waals surface area contributed by atoms with Gasteiger partial charge < -0.3 is 14.7 Å². The van der Waals surface area contributed by atoms with Crippen molar-refractivity contribution in [3.8, 4) is 0 Å². The minimum atomic E-state index is -0.0230. The van der Waals surface area contributed by atoms with Crippen molar-refractivity contribution in [1.82, 2.24) is 20.3 Å². The first-order valence-electron chi connectivity index (χ1n) is 5.99. The van der Waals surface area contributed by atoms with Gasteiger partial charge in [0.1, 0.15) is 6.26 Å². The van der Waals surface area contributed by atoms with E-state index in [1.807, 2.05) is 4.90 Å². The average Bonchev–Trinajstić information content (AvgIpc) is 2.81. The number of piperazine rings is 1. The van der Waals surface area contributed by atoms with Gasteiger partial charge >= 0.3 is 0 Å². The van der Waals surface area contributed by atoms with Crippen LogP contribution in [0, 0.1) is 0 Å². The van der Waals surface area contributed by atoms with Crippen molar-refractivity contribution in [2.75, 3.05) is 39.3 Å². The maximum absolute atomic E-state index is 11.9. The number of rotatable bonds is 2. The Morgan fingerprint density at radius 2 is 2.18 bits per heavy atom. The second-order valence-electron chi connectivity index (χ2n) is 4.53. The highest BCUT2D eigenvalue weighted by Crippen LogP contribution is 2.17. The van der Waals surface area contributed by atoms with E-state index in [4.69, 9.17) is 0 Å². The van der Waals surface area contributed by atoms with Gasteiger partial charge in [-0.2, -0.15) is 0 Å². The summed E-state index contributed by atoms with van der Waals surface area (Å²) in [4.78, 5) is 16.2. The van der Waals surface area contributed by atoms with Crippen molar-refractivity contribution >= 4 is 5.91 Å². The van der Waals surface area contributed by atoms with Crippen molar-refractivity contribution in [3.63, 3.8) is 0 Å². The van der Waals surface area contributed by atoms with E-state index in [0.717, 1.165) is 39.3 Å². The lowest BCUT2D eigenvalue weighted by atomic mass is 10.1. The SMILES string of the molecule is O=C(c1ccon1)N1CC(N2CCNCC2)C1. The molecule has 0 spiro atoms. The second kappa shape index (κ2) is 4.46. The van der Waals surface area contributed by atoms with Gasteiger partial charge in [-0.15, -0.1) is 0 Å². The van der Waals surface area contributed by atoms with Crippen LogP contribution in [0.5, 0.6) is 0 Å². The summed E-state index contributed by atoms with van der Waals surface area (Å²) >= 11 is 0. The fourth-order valence-corrected chi connectivity index (χ4v) is 2.38. The van der Waals surface area contributed by atoms with Gasteiger partial charge in [-0.3, -0.25) is 9.69 Å². The van der Waals surface area contributed by atoms with E-state index in [2.05, 4.69) is 19.9 Å². The molecule has 0 aliphatic carbocycles. The smallest absolute Gasteiger partial charge is 0.276 e. The van der Waals surface area contributed by atoms with Gasteiger partial charge in [0.05, 0.1) is 0 Å². The number of amides is 1. The molecule has 2 aliphatic rings. The average molecular weight is 236 g/mol. The van der Waals surface area contributed by atoms with Crippen molar-refractivity contribution in [2.45, 2.75) is 6.04 Å². The zero-order valence-electron chi connectivity index (χ0n) is 9.63. The standard InChI is InChI=1S/C11H16N4O2/c16-11(10-1-6-17-13-10)15-7-9(8-15)14-4-2-12-3-5-14/h1,6,9,12H,2-5,7-8H2. The Balaban J connectivity index is 1.52. The zero-order valence-corrected chi connectivity index (χ0v) is 9.63. The third-order valence-corrected chi connectivity index (χ3v) is 3.47. The summed E-state index contributed by atoms with van der Waals surface area (Å²) in [7, 11) is 0. The largest absolute Gasteiger partial charge is 0.364 e. The first-order valence-corrected chi connectivity index (χ1v) is 5.99. The normalized spacial score (nSPS) is 22.5. The Bertz CT molecular complexity index is 380. The fraction of sp³-hybridized carbons (Fsp3) is 0.636. The van der Waals surface area contributed by atoms with Crippen LogP contribution >= 0.6 is 0 Å². The van der Waals surface area contributed by atoms with Crippen molar-refractivity contribution in [2.24, 2.45) is 0 Å². The van der Waals surface area contributed by atoms with Crippen LogP contribution in [0.15, 0.2) is 16.9 Å².